The van der Waals surface area contributed by atoms with Crippen molar-refractivity contribution in [2.75, 3.05) is 54.5 Å². The molecule has 3 aromatic carbocycles. The molecular weight excluding hydrogens is 607 g/mol. The summed E-state index contributed by atoms with van der Waals surface area (Å²) in [6, 6.07) is 16.4. The molecule has 2 heterocycles. The minimum absolute atomic E-state index is 0.0642. The number of halogens is 3. The molecular formula is C28H29BrClFN4O3S. The summed E-state index contributed by atoms with van der Waals surface area (Å²) in [5.74, 6) is -0.620. The van der Waals surface area contributed by atoms with Crippen LogP contribution in [-0.2, 0) is 10.0 Å². The number of fused-ring (bicyclic) bond motifs is 1. The largest absolute Gasteiger partial charge is 0.369 e. The van der Waals surface area contributed by atoms with Gasteiger partial charge >= 0.3 is 0 Å². The van der Waals surface area contributed by atoms with Crippen LogP contribution < -0.4 is 14.7 Å². The summed E-state index contributed by atoms with van der Waals surface area (Å²) in [7, 11) is -1.97. The summed E-state index contributed by atoms with van der Waals surface area (Å²) >= 11 is 9.91. The van der Waals surface area contributed by atoms with Crippen LogP contribution in [0.3, 0.4) is 0 Å². The summed E-state index contributed by atoms with van der Waals surface area (Å²) in [5.41, 5.74) is 2.38. The molecule has 0 unspecified atom stereocenters. The average Bonchev–Trinajstić information content (AvgIpc) is 2.91. The lowest BCUT2D eigenvalue weighted by Gasteiger charge is -2.47. The van der Waals surface area contributed by atoms with Gasteiger partial charge in [-0.05, 0) is 74.5 Å². The molecule has 0 bridgehead atoms. The molecule has 1 fully saturated rings. The van der Waals surface area contributed by atoms with E-state index in [0.717, 1.165) is 21.5 Å². The Hall–Kier alpha value is -2.66. The van der Waals surface area contributed by atoms with E-state index in [9.17, 15) is 17.6 Å². The molecule has 5 rings (SSSR count). The molecule has 0 N–H and O–H groups in total. The first-order valence-corrected chi connectivity index (χ1v) is 15.1. The molecule has 0 aromatic heterocycles. The molecule has 2 aliphatic rings. The Morgan fingerprint density at radius 3 is 2.28 bits per heavy atom. The second-order valence-electron chi connectivity index (χ2n) is 10.4. The first kappa shape index (κ1) is 27.9. The van der Waals surface area contributed by atoms with E-state index in [-0.39, 0.29) is 45.8 Å². The van der Waals surface area contributed by atoms with E-state index >= 15 is 0 Å². The minimum atomic E-state index is -3.96. The monoisotopic (exact) mass is 634 g/mol. The number of carbonyl (C=O) groups is 1. The number of amides is 1. The number of anilines is 3. The molecule has 0 saturated carbocycles. The zero-order chi connectivity index (χ0) is 28.1. The van der Waals surface area contributed by atoms with E-state index in [2.05, 4.69) is 34.7 Å². The molecule has 206 valence electrons. The summed E-state index contributed by atoms with van der Waals surface area (Å²) < 4.78 is 42.9. The number of hydrogen-bond acceptors (Lipinski definition) is 5. The Morgan fingerprint density at radius 2 is 1.62 bits per heavy atom. The van der Waals surface area contributed by atoms with Crippen LogP contribution in [0.1, 0.15) is 24.2 Å². The Morgan fingerprint density at radius 1 is 0.949 bits per heavy atom. The van der Waals surface area contributed by atoms with Gasteiger partial charge in [-0.1, -0.05) is 27.5 Å². The zero-order valence-corrected chi connectivity index (χ0v) is 25.0. The Balaban J connectivity index is 1.41. The molecule has 39 heavy (non-hydrogen) atoms. The first-order valence-electron chi connectivity index (χ1n) is 12.5. The Kier molecular flexibility index (Phi) is 7.43. The van der Waals surface area contributed by atoms with Crippen molar-refractivity contribution in [3.05, 3.63) is 81.5 Å². The molecule has 3 aromatic rings. The highest BCUT2D eigenvalue weighted by atomic mass is 79.9. The van der Waals surface area contributed by atoms with Crippen LogP contribution in [0.4, 0.5) is 21.5 Å². The lowest BCUT2D eigenvalue weighted by atomic mass is 9.96. The molecule has 0 aliphatic carbocycles. The summed E-state index contributed by atoms with van der Waals surface area (Å²) in [6.45, 7) is 5.90. The van der Waals surface area contributed by atoms with E-state index in [1.165, 1.54) is 28.6 Å². The highest BCUT2D eigenvalue weighted by Crippen LogP contribution is 2.41. The number of rotatable bonds is 4. The van der Waals surface area contributed by atoms with Crippen molar-refractivity contribution in [2.45, 2.75) is 24.3 Å². The maximum Gasteiger partial charge on any atom is 0.258 e. The van der Waals surface area contributed by atoms with Gasteiger partial charge in [-0.15, -0.1) is 0 Å². The predicted molar refractivity (Wildman–Crippen MR) is 157 cm³/mol. The lowest BCUT2D eigenvalue weighted by Crippen LogP contribution is -2.56. The summed E-state index contributed by atoms with van der Waals surface area (Å²) in [5, 5.41) is 0.0642. The number of benzene rings is 3. The van der Waals surface area contributed by atoms with E-state index in [4.69, 9.17) is 11.6 Å². The Labute approximate surface area is 241 Å². The van der Waals surface area contributed by atoms with Crippen LogP contribution in [0.5, 0.6) is 0 Å². The van der Waals surface area contributed by atoms with Crippen molar-refractivity contribution in [1.82, 2.24) is 4.31 Å². The molecule has 0 spiro atoms. The second-order valence-corrected chi connectivity index (χ2v) is 13.6. The quantitative estimate of drug-likeness (QED) is 0.372. The van der Waals surface area contributed by atoms with Crippen LogP contribution in [0.2, 0.25) is 5.02 Å². The van der Waals surface area contributed by atoms with Gasteiger partial charge in [0, 0.05) is 55.5 Å². The Bertz CT molecular complexity index is 1530. The standard InChI is InChI=1S/C28H29BrClFN4O3S/c1-28(2)18-35(25-17-20(29)5-11-24(25)32(28)3)27(36)19-4-10-23(30)26(16-19)39(37,38)34-14-12-33(13-15-34)22-8-6-21(31)7-9-22/h4-11,16-17H,12-15,18H2,1-3H3. The van der Waals surface area contributed by atoms with Gasteiger partial charge in [0.2, 0.25) is 10.0 Å². The fraction of sp³-hybridized carbons (Fsp3) is 0.321. The third kappa shape index (κ3) is 5.27. The van der Waals surface area contributed by atoms with E-state index in [0.29, 0.717) is 19.6 Å². The van der Waals surface area contributed by atoms with Gasteiger partial charge in [0.25, 0.3) is 5.91 Å². The highest BCUT2D eigenvalue weighted by Gasteiger charge is 2.38. The van der Waals surface area contributed by atoms with Crippen LogP contribution in [0, 0.1) is 5.82 Å². The van der Waals surface area contributed by atoms with Gasteiger partial charge in [0.05, 0.1) is 21.9 Å². The van der Waals surface area contributed by atoms with Crippen LogP contribution in [0.15, 0.2) is 70.0 Å². The molecule has 1 amide bonds. The maximum absolute atomic E-state index is 13.9. The number of likely N-dealkylation sites (N-methyl/N-ethyl adjacent to an activating group) is 1. The molecule has 11 heteroatoms. The lowest BCUT2D eigenvalue weighted by molar-refractivity contribution is 0.0979. The number of hydrogen-bond donors (Lipinski definition) is 0. The third-order valence-electron chi connectivity index (χ3n) is 7.51. The SMILES string of the molecule is CN1c2ccc(Br)cc2N(C(=O)c2ccc(Cl)c(S(=O)(=O)N3CCN(c4ccc(F)cc4)CC3)c2)CC1(C)C. The molecule has 0 radical (unpaired) electrons. The maximum atomic E-state index is 13.9. The van der Waals surface area contributed by atoms with E-state index in [1.807, 2.05) is 30.1 Å². The average molecular weight is 636 g/mol. The number of nitrogens with zero attached hydrogens (tertiary/aromatic N) is 4. The van der Waals surface area contributed by atoms with Crippen molar-refractivity contribution in [2.24, 2.45) is 0 Å². The fourth-order valence-electron chi connectivity index (χ4n) is 5.05. The highest BCUT2D eigenvalue weighted by molar-refractivity contribution is 9.10. The first-order chi connectivity index (χ1) is 18.4. The minimum Gasteiger partial charge on any atom is -0.369 e. The van der Waals surface area contributed by atoms with Crippen LogP contribution in [-0.4, -0.2) is 63.9 Å². The fourth-order valence-corrected chi connectivity index (χ4v) is 7.32. The summed E-state index contributed by atoms with van der Waals surface area (Å²) in [4.78, 5) is 19.6. The van der Waals surface area contributed by atoms with Crippen molar-refractivity contribution >= 4 is 60.5 Å². The van der Waals surface area contributed by atoms with Gasteiger partial charge < -0.3 is 14.7 Å². The van der Waals surface area contributed by atoms with E-state index in [1.54, 1.807) is 23.1 Å². The third-order valence-corrected chi connectivity index (χ3v) is 10.4. The second kappa shape index (κ2) is 10.4. The van der Waals surface area contributed by atoms with Crippen molar-refractivity contribution in [1.29, 1.82) is 0 Å². The van der Waals surface area contributed by atoms with Crippen molar-refractivity contribution in [3.63, 3.8) is 0 Å². The number of sulfonamides is 1. The van der Waals surface area contributed by atoms with Gasteiger partial charge in [0.1, 0.15) is 10.7 Å². The smallest absolute Gasteiger partial charge is 0.258 e. The van der Waals surface area contributed by atoms with Gasteiger partial charge in [-0.25, -0.2) is 12.8 Å². The molecule has 1 saturated heterocycles. The van der Waals surface area contributed by atoms with Crippen molar-refractivity contribution in [3.8, 4) is 0 Å². The summed E-state index contributed by atoms with van der Waals surface area (Å²) in [6.07, 6.45) is 0. The zero-order valence-electron chi connectivity index (χ0n) is 21.9. The van der Waals surface area contributed by atoms with Crippen LogP contribution >= 0.6 is 27.5 Å². The predicted octanol–water partition coefficient (Wildman–Crippen LogP) is 5.63. The van der Waals surface area contributed by atoms with Gasteiger partial charge in [-0.2, -0.15) is 4.31 Å². The molecule has 2 aliphatic heterocycles. The van der Waals surface area contributed by atoms with Gasteiger partial charge in [-0.3, -0.25) is 4.79 Å². The van der Waals surface area contributed by atoms with E-state index < -0.39 is 10.0 Å². The molecule has 7 nitrogen and oxygen atoms in total. The van der Waals surface area contributed by atoms with Crippen LogP contribution in [0.25, 0.3) is 0 Å². The van der Waals surface area contributed by atoms with Crippen molar-refractivity contribution < 1.29 is 17.6 Å². The number of piperazine rings is 1. The topological polar surface area (TPSA) is 64.2 Å². The normalized spacial score (nSPS) is 17.7. The number of carbonyl (C=O) groups excluding carboxylic acids is 1. The molecule has 0 atom stereocenters. The van der Waals surface area contributed by atoms with Gasteiger partial charge in [0.15, 0.2) is 0 Å².